The summed E-state index contributed by atoms with van der Waals surface area (Å²) in [5.41, 5.74) is -0.261. The molecule has 0 spiro atoms. The van der Waals surface area contributed by atoms with E-state index >= 15 is 0 Å². The minimum atomic E-state index is -3.61. The molecule has 2 N–H and O–H groups in total. The Kier molecular flexibility index (Phi) is 4.32. The van der Waals surface area contributed by atoms with Crippen molar-refractivity contribution in [2.24, 2.45) is 0 Å². The van der Waals surface area contributed by atoms with E-state index in [9.17, 15) is 13.5 Å². The van der Waals surface area contributed by atoms with Crippen LogP contribution in [0.15, 0.2) is 27.6 Å². The molecule has 0 amide bonds. The van der Waals surface area contributed by atoms with Gasteiger partial charge < -0.3 is 9.84 Å². The number of benzene rings is 1. The van der Waals surface area contributed by atoms with Gasteiger partial charge in [-0.15, -0.1) is 0 Å². The van der Waals surface area contributed by atoms with Crippen LogP contribution in [0, 0.1) is 6.92 Å². The van der Waals surface area contributed by atoms with Crippen molar-refractivity contribution in [1.82, 2.24) is 4.72 Å². The molecule has 5 nitrogen and oxygen atoms in total. The molecule has 0 radical (unpaired) electrons. The van der Waals surface area contributed by atoms with E-state index in [1.54, 1.807) is 12.1 Å². The lowest BCUT2D eigenvalue weighted by atomic mass is 10.1. The van der Waals surface area contributed by atoms with Gasteiger partial charge in [-0.05, 0) is 30.7 Å². The molecule has 19 heavy (non-hydrogen) atoms. The van der Waals surface area contributed by atoms with Crippen molar-refractivity contribution < 1.29 is 18.3 Å². The van der Waals surface area contributed by atoms with Gasteiger partial charge >= 0.3 is 0 Å². The fraction of sp³-hybridized carbons (Fsp3) is 0.500. The maximum atomic E-state index is 12.1. The number of aryl methyl sites for hydroxylation is 1. The summed E-state index contributed by atoms with van der Waals surface area (Å²) in [6, 6.07) is 4.80. The molecule has 1 saturated heterocycles. The van der Waals surface area contributed by atoms with Gasteiger partial charge in [0, 0.05) is 24.0 Å². The van der Waals surface area contributed by atoms with Crippen molar-refractivity contribution in [3.05, 3.63) is 28.2 Å². The predicted octanol–water partition coefficient (Wildman–Crippen LogP) is 1.19. The van der Waals surface area contributed by atoms with Crippen molar-refractivity contribution in [3.8, 4) is 0 Å². The molecular weight excluding hydrogens is 334 g/mol. The summed E-state index contributed by atoms with van der Waals surface area (Å²) in [7, 11) is -3.61. The van der Waals surface area contributed by atoms with Crippen LogP contribution in [-0.2, 0) is 14.8 Å². The second-order valence-electron chi connectivity index (χ2n) is 4.76. The molecule has 2 rings (SSSR count). The molecule has 0 saturated carbocycles. The molecule has 1 unspecified atom stereocenters. The van der Waals surface area contributed by atoms with E-state index in [0.29, 0.717) is 13.0 Å². The van der Waals surface area contributed by atoms with Crippen LogP contribution in [0.4, 0.5) is 0 Å². The molecule has 1 aliphatic heterocycles. The van der Waals surface area contributed by atoms with E-state index in [1.807, 2.05) is 6.92 Å². The van der Waals surface area contributed by atoms with Gasteiger partial charge in [0.2, 0.25) is 10.0 Å². The number of halogens is 1. The lowest BCUT2D eigenvalue weighted by Gasteiger charge is -2.20. The zero-order valence-corrected chi connectivity index (χ0v) is 12.9. The second-order valence-corrected chi connectivity index (χ2v) is 7.38. The first-order valence-corrected chi connectivity index (χ1v) is 8.16. The maximum absolute atomic E-state index is 12.1. The number of hydrogen-bond acceptors (Lipinski definition) is 4. The number of aliphatic hydroxyl groups is 1. The zero-order chi connectivity index (χ0) is 14.1. The summed E-state index contributed by atoms with van der Waals surface area (Å²) in [6.45, 7) is 2.40. The Balaban J connectivity index is 2.11. The van der Waals surface area contributed by atoms with Crippen molar-refractivity contribution in [3.63, 3.8) is 0 Å². The van der Waals surface area contributed by atoms with Gasteiger partial charge in [0.15, 0.2) is 0 Å². The van der Waals surface area contributed by atoms with E-state index < -0.39 is 15.6 Å². The van der Waals surface area contributed by atoms with Crippen LogP contribution < -0.4 is 4.72 Å². The van der Waals surface area contributed by atoms with E-state index in [1.165, 1.54) is 6.07 Å². The van der Waals surface area contributed by atoms with Crippen molar-refractivity contribution >= 4 is 26.0 Å². The largest absolute Gasteiger partial charge is 0.386 e. The van der Waals surface area contributed by atoms with E-state index in [-0.39, 0.29) is 18.0 Å². The summed E-state index contributed by atoms with van der Waals surface area (Å²) in [6.07, 6.45) is 0.439. The van der Waals surface area contributed by atoms with Crippen LogP contribution in [0.25, 0.3) is 0 Å². The molecule has 1 aliphatic rings. The summed E-state index contributed by atoms with van der Waals surface area (Å²) in [4.78, 5) is 0.190. The Hall–Kier alpha value is -0.470. The summed E-state index contributed by atoms with van der Waals surface area (Å²) < 4.78 is 32.6. The highest BCUT2D eigenvalue weighted by molar-refractivity contribution is 9.10. The summed E-state index contributed by atoms with van der Waals surface area (Å²) >= 11 is 3.33. The average molecular weight is 350 g/mol. The number of rotatable bonds is 4. The lowest BCUT2D eigenvalue weighted by molar-refractivity contribution is 0.0314. The highest BCUT2D eigenvalue weighted by atomic mass is 79.9. The molecule has 0 aromatic heterocycles. The Morgan fingerprint density at radius 1 is 1.53 bits per heavy atom. The first-order chi connectivity index (χ1) is 8.82. The topological polar surface area (TPSA) is 75.6 Å². The van der Waals surface area contributed by atoms with Crippen molar-refractivity contribution in [2.75, 3.05) is 19.8 Å². The highest BCUT2D eigenvalue weighted by Crippen LogP contribution is 2.21. The Labute approximate surface area is 121 Å². The molecule has 7 heteroatoms. The van der Waals surface area contributed by atoms with Gasteiger partial charge in [-0.3, -0.25) is 0 Å². The molecule has 1 aromatic rings. The van der Waals surface area contributed by atoms with Crippen LogP contribution in [0.1, 0.15) is 12.0 Å². The van der Waals surface area contributed by atoms with E-state index in [4.69, 9.17) is 4.74 Å². The molecular formula is C12H16BrNO4S. The molecule has 0 aliphatic carbocycles. The van der Waals surface area contributed by atoms with Crippen molar-refractivity contribution in [2.45, 2.75) is 23.8 Å². The van der Waals surface area contributed by atoms with Gasteiger partial charge in [0.25, 0.3) is 0 Å². The minimum Gasteiger partial charge on any atom is -0.386 e. The third-order valence-corrected chi connectivity index (χ3v) is 5.40. The smallest absolute Gasteiger partial charge is 0.240 e. The van der Waals surface area contributed by atoms with E-state index in [2.05, 4.69) is 20.7 Å². The molecule has 1 fully saturated rings. The fourth-order valence-corrected chi connectivity index (χ4v) is 3.28. The van der Waals surface area contributed by atoms with Gasteiger partial charge in [0.05, 0.1) is 11.5 Å². The molecule has 1 heterocycles. The van der Waals surface area contributed by atoms with Crippen molar-refractivity contribution in [1.29, 1.82) is 0 Å². The Morgan fingerprint density at radius 2 is 2.26 bits per heavy atom. The molecule has 1 atom stereocenters. The van der Waals surface area contributed by atoms with Crippen LogP contribution in [-0.4, -0.2) is 38.9 Å². The summed E-state index contributed by atoms with van der Waals surface area (Å²) in [5, 5.41) is 10.0. The molecule has 1 aromatic carbocycles. The number of hydrogen-bond donors (Lipinski definition) is 2. The van der Waals surface area contributed by atoms with Crippen LogP contribution in [0.3, 0.4) is 0 Å². The quantitative estimate of drug-likeness (QED) is 0.855. The minimum absolute atomic E-state index is 0.0373. The predicted molar refractivity (Wildman–Crippen MR) is 74.5 cm³/mol. The Bertz CT molecular complexity index is 567. The second kappa shape index (κ2) is 5.49. The fourth-order valence-electron chi connectivity index (χ4n) is 1.83. The van der Waals surface area contributed by atoms with Gasteiger partial charge in [-0.1, -0.05) is 15.9 Å². The van der Waals surface area contributed by atoms with E-state index in [0.717, 1.165) is 10.0 Å². The van der Waals surface area contributed by atoms with Crippen LogP contribution >= 0.6 is 15.9 Å². The maximum Gasteiger partial charge on any atom is 0.240 e. The standard InChI is InChI=1S/C12H16BrNO4S/c1-9-6-10(2-3-11(9)13)19(16,17)14-7-12(15)4-5-18-8-12/h2-3,6,14-15H,4-5,7-8H2,1H3. The van der Waals surface area contributed by atoms with Gasteiger partial charge in [-0.2, -0.15) is 0 Å². The molecule has 106 valence electrons. The third kappa shape index (κ3) is 3.55. The number of nitrogens with one attached hydrogen (secondary N) is 1. The number of ether oxygens (including phenoxy) is 1. The monoisotopic (exact) mass is 349 g/mol. The van der Waals surface area contributed by atoms with Gasteiger partial charge in [0.1, 0.15) is 5.60 Å². The van der Waals surface area contributed by atoms with Gasteiger partial charge in [-0.25, -0.2) is 13.1 Å². The summed E-state index contributed by atoms with van der Waals surface area (Å²) in [5.74, 6) is 0. The first-order valence-electron chi connectivity index (χ1n) is 5.88. The highest BCUT2D eigenvalue weighted by Gasteiger charge is 2.33. The normalized spacial score (nSPS) is 23.7. The zero-order valence-electron chi connectivity index (χ0n) is 10.5. The van der Waals surface area contributed by atoms with Crippen LogP contribution in [0.2, 0.25) is 0 Å². The lowest BCUT2D eigenvalue weighted by Crippen LogP contribution is -2.43. The first kappa shape index (κ1) is 14.9. The Morgan fingerprint density at radius 3 is 2.84 bits per heavy atom. The SMILES string of the molecule is Cc1cc(S(=O)(=O)NCC2(O)CCOC2)ccc1Br. The number of sulfonamides is 1. The average Bonchev–Trinajstić information content (AvgIpc) is 2.78. The molecule has 0 bridgehead atoms. The van der Waals surface area contributed by atoms with Crippen LogP contribution in [0.5, 0.6) is 0 Å². The third-order valence-electron chi connectivity index (χ3n) is 3.11.